The molecule has 2 aromatic rings. The van der Waals surface area contributed by atoms with Crippen molar-refractivity contribution in [1.82, 2.24) is 5.32 Å². The van der Waals surface area contributed by atoms with E-state index in [1.54, 1.807) is 0 Å². The van der Waals surface area contributed by atoms with Crippen LogP contribution in [-0.4, -0.2) is 6.54 Å². The van der Waals surface area contributed by atoms with Gasteiger partial charge >= 0.3 is 0 Å². The number of rotatable bonds is 4. The first kappa shape index (κ1) is 13.3. The molecule has 0 bridgehead atoms. The molecule has 18 heavy (non-hydrogen) atoms. The van der Waals surface area contributed by atoms with Crippen LogP contribution in [0.3, 0.4) is 0 Å². The Hall–Kier alpha value is -1.12. The van der Waals surface area contributed by atoms with Crippen molar-refractivity contribution in [3.63, 3.8) is 0 Å². The third-order valence-electron chi connectivity index (χ3n) is 3.03. The van der Waals surface area contributed by atoms with E-state index < -0.39 is 0 Å². The molecular formula is C16H21NS. The van der Waals surface area contributed by atoms with Gasteiger partial charge in [-0.3, -0.25) is 0 Å². The van der Waals surface area contributed by atoms with Crippen LogP contribution >= 0.6 is 11.3 Å². The molecule has 0 aliphatic heterocycles. The zero-order valence-corrected chi connectivity index (χ0v) is 12.4. The normalized spacial score (nSPS) is 12.7. The monoisotopic (exact) mass is 259 g/mol. The summed E-state index contributed by atoms with van der Waals surface area (Å²) in [4.78, 5) is 2.77. The molecule has 1 aromatic heterocycles. The first-order valence-corrected chi connectivity index (χ1v) is 7.29. The van der Waals surface area contributed by atoms with Crippen molar-refractivity contribution in [2.24, 2.45) is 0 Å². The second-order valence-electron chi connectivity index (χ2n) is 4.86. The fraction of sp³-hybridized carbons (Fsp3) is 0.375. The van der Waals surface area contributed by atoms with Crippen molar-refractivity contribution in [3.8, 4) is 0 Å². The smallest absolute Gasteiger partial charge is 0.0671 e. The maximum Gasteiger partial charge on any atom is 0.0671 e. The predicted molar refractivity (Wildman–Crippen MR) is 80.5 cm³/mol. The minimum atomic E-state index is 0.326. The molecule has 0 spiro atoms. The van der Waals surface area contributed by atoms with Crippen LogP contribution in [0.25, 0.3) is 0 Å². The molecule has 0 aliphatic rings. The van der Waals surface area contributed by atoms with Crippen molar-refractivity contribution >= 4 is 11.3 Å². The third kappa shape index (κ3) is 3.01. The summed E-state index contributed by atoms with van der Waals surface area (Å²) in [7, 11) is 0. The summed E-state index contributed by atoms with van der Waals surface area (Å²) in [6, 6.07) is 11.6. The molecule has 0 saturated carbocycles. The van der Waals surface area contributed by atoms with Crippen molar-refractivity contribution in [1.29, 1.82) is 0 Å². The SMILES string of the molecule is CCNC(c1cc(C)cc(C)c1)c1ccc(C)s1. The minimum absolute atomic E-state index is 0.326. The van der Waals surface area contributed by atoms with E-state index in [0.29, 0.717) is 6.04 Å². The number of thiophene rings is 1. The molecule has 2 rings (SSSR count). The Morgan fingerprint density at radius 2 is 1.72 bits per heavy atom. The van der Waals surface area contributed by atoms with Gasteiger partial charge in [-0.15, -0.1) is 11.3 Å². The number of nitrogens with one attached hydrogen (secondary N) is 1. The van der Waals surface area contributed by atoms with Crippen molar-refractivity contribution in [2.45, 2.75) is 33.7 Å². The van der Waals surface area contributed by atoms with Gasteiger partial charge in [0.1, 0.15) is 0 Å². The highest BCUT2D eigenvalue weighted by atomic mass is 32.1. The molecule has 96 valence electrons. The van der Waals surface area contributed by atoms with Gasteiger partial charge in [-0.05, 0) is 45.0 Å². The number of aryl methyl sites for hydroxylation is 3. The number of benzene rings is 1. The quantitative estimate of drug-likeness (QED) is 0.859. The first-order chi connectivity index (χ1) is 8.60. The van der Waals surface area contributed by atoms with E-state index in [4.69, 9.17) is 0 Å². The molecule has 0 aliphatic carbocycles. The summed E-state index contributed by atoms with van der Waals surface area (Å²) in [5.74, 6) is 0. The summed E-state index contributed by atoms with van der Waals surface area (Å²) >= 11 is 1.88. The molecular weight excluding hydrogens is 238 g/mol. The first-order valence-electron chi connectivity index (χ1n) is 6.48. The highest BCUT2D eigenvalue weighted by Crippen LogP contribution is 2.29. The lowest BCUT2D eigenvalue weighted by atomic mass is 10.0. The van der Waals surface area contributed by atoms with E-state index in [-0.39, 0.29) is 0 Å². The Balaban J connectivity index is 2.40. The lowest BCUT2D eigenvalue weighted by Crippen LogP contribution is -2.21. The average Bonchev–Trinajstić information content (AvgIpc) is 2.71. The minimum Gasteiger partial charge on any atom is -0.306 e. The lowest BCUT2D eigenvalue weighted by molar-refractivity contribution is 0.639. The molecule has 1 N–H and O–H groups in total. The van der Waals surface area contributed by atoms with Crippen LogP contribution < -0.4 is 5.32 Å². The Kier molecular flexibility index (Phi) is 4.20. The van der Waals surface area contributed by atoms with Gasteiger partial charge in [0.15, 0.2) is 0 Å². The van der Waals surface area contributed by atoms with Gasteiger partial charge in [0, 0.05) is 9.75 Å². The highest BCUT2D eigenvalue weighted by molar-refractivity contribution is 7.12. The molecule has 1 atom stereocenters. The van der Waals surface area contributed by atoms with E-state index in [2.05, 4.69) is 63.3 Å². The van der Waals surface area contributed by atoms with E-state index in [0.717, 1.165) is 6.54 Å². The molecule has 1 unspecified atom stereocenters. The van der Waals surface area contributed by atoms with Crippen LogP contribution in [0.15, 0.2) is 30.3 Å². The fourth-order valence-electron chi connectivity index (χ4n) is 2.37. The molecule has 1 aromatic carbocycles. The van der Waals surface area contributed by atoms with E-state index in [1.165, 1.54) is 26.4 Å². The Morgan fingerprint density at radius 1 is 1.06 bits per heavy atom. The summed E-state index contributed by atoms with van der Waals surface area (Å²) < 4.78 is 0. The largest absolute Gasteiger partial charge is 0.306 e. The number of hydrogen-bond donors (Lipinski definition) is 1. The summed E-state index contributed by atoms with van der Waals surface area (Å²) in [6.45, 7) is 9.64. The Morgan fingerprint density at radius 3 is 2.22 bits per heavy atom. The zero-order valence-electron chi connectivity index (χ0n) is 11.6. The molecule has 2 heteroatoms. The van der Waals surface area contributed by atoms with Gasteiger partial charge < -0.3 is 5.32 Å². The summed E-state index contributed by atoms with van der Waals surface area (Å²) in [5.41, 5.74) is 4.04. The maximum atomic E-state index is 3.59. The Bertz CT molecular complexity index is 507. The van der Waals surface area contributed by atoms with E-state index >= 15 is 0 Å². The predicted octanol–water partition coefficient (Wildman–Crippen LogP) is 4.37. The van der Waals surface area contributed by atoms with E-state index in [9.17, 15) is 0 Å². The third-order valence-corrected chi connectivity index (χ3v) is 4.10. The van der Waals surface area contributed by atoms with Crippen LogP contribution in [0.4, 0.5) is 0 Å². The van der Waals surface area contributed by atoms with Crippen LogP contribution in [0.2, 0.25) is 0 Å². The van der Waals surface area contributed by atoms with Crippen molar-refractivity contribution in [2.75, 3.05) is 6.54 Å². The van der Waals surface area contributed by atoms with E-state index in [1.807, 2.05) is 11.3 Å². The van der Waals surface area contributed by atoms with Crippen LogP contribution in [0, 0.1) is 20.8 Å². The molecule has 1 heterocycles. The average molecular weight is 259 g/mol. The lowest BCUT2D eigenvalue weighted by Gasteiger charge is -2.18. The van der Waals surface area contributed by atoms with Gasteiger partial charge in [0.25, 0.3) is 0 Å². The van der Waals surface area contributed by atoms with Crippen molar-refractivity contribution in [3.05, 3.63) is 56.8 Å². The van der Waals surface area contributed by atoms with Gasteiger partial charge in [0.05, 0.1) is 6.04 Å². The maximum absolute atomic E-state index is 3.59. The molecule has 0 saturated heterocycles. The van der Waals surface area contributed by atoms with Crippen LogP contribution in [-0.2, 0) is 0 Å². The van der Waals surface area contributed by atoms with Gasteiger partial charge in [0.2, 0.25) is 0 Å². The van der Waals surface area contributed by atoms with Gasteiger partial charge in [-0.1, -0.05) is 36.2 Å². The van der Waals surface area contributed by atoms with Crippen molar-refractivity contribution < 1.29 is 0 Å². The van der Waals surface area contributed by atoms with Crippen LogP contribution in [0.1, 0.15) is 39.4 Å². The molecule has 0 radical (unpaired) electrons. The Labute approximate surface area is 114 Å². The number of hydrogen-bond acceptors (Lipinski definition) is 2. The fourth-order valence-corrected chi connectivity index (χ4v) is 3.35. The second-order valence-corrected chi connectivity index (χ2v) is 6.18. The highest BCUT2D eigenvalue weighted by Gasteiger charge is 2.15. The molecule has 0 amide bonds. The van der Waals surface area contributed by atoms with Gasteiger partial charge in [-0.25, -0.2) is 0 Å². The topological polar surface area (TPSA) is 12.0 Å². The standard InChI is InChI=1S/C16H21NS/c1-5-17-16(15-7-6-13(4)18-15)14-9-11(2)8-12(3)10-14/h6-10,16-17H,5H2,1-4H3. The van der Waals surface area contributed by atoms with Gasteiger partial charge in [-0.2, -0.15) is 0 Å². The summed E-state index contributed by atoms with van der Waals surface area (Å²) in [5, 5.41) is 3.59. The zero-order chi connectivity index (χ0) is 13.1. The summed E-state index contributed by atoms with van der Waals surface area (Å²) in [6.07, 6.45) is 0. The van der Waals surface area contributed by atoms with Crippen LogP contribution in [0.5, 0.6) is 0 Å². The molecule has 0 fully saturated rings. The second kappa shape index (κ2) is 5.68. The molecule has 1 nitrogen and oxygen atoms in total.